The summed E-state index contributed by atoms with van der Waals surface area (Å²) in [6, 6.07) is 0. The Morgan fingerprint density at radius 2 is 2.11 bits per heavy atom. The van der Waals surface area contributed by atoms with Crippen LogP contribution in [-0.2, 0) is 9.59 Å². The number of aliphatic hydroxyl groups is 4. The summed E-state index contributed by atoms with van der Waals surface area (Å²) in [5.74, 6) is -0.833. The van der Waals surface area contributed by atoms with Gasteiger partial charge in [-0.1, -0.05) is 5.11 Å². The normalized spacial score (nSPS) is 18.7. The molecule has 0 unspecified atom stereocenters. The average Bonchev–Trinajstić information content (AvgIpc) is 2.32. The lowest BCUT2D eigenvalue weighted by Gasteiger charge is -2.32. The van der Waals surface area contributed by atoms with Gasteiger partial charge in [0, 0.05) is 11.8 Å². The molecule has 0 spiro atoms. The van der Waals surface area contributed by atoms with E-state index in [1.54, 1.807) is 5.32 Å². The largest absolute Gasteiger partial charge is 0.390 e. The summed E-state index contributed by atoms with van der Waals surface area (Å²) in [5.41, 5.74) is 5.25. The molecule has 10 nitrogen and oxygen atoms in total. The molecule has 0 saturated carbocycles. The first-order valence-corrected chi connectivity index (χ1v) is 4.81. The maximum atomic E-state index is 10.7. The fourth-order valence-corrected chi connectivity index (χ4v) is 1.15. The van der Waals surface area contributed by atoms with Crippen molar-refractivity contribution >= 4 is 12.2 Å². The molecule has 0 aromatic heterocycles. The van der Waals surface area contributed by atoms with Gasteiger partial charge >= 0.3 is 0 Å². The molecular weight excluding hydrogens is 248 g/mol. The molecule has 0 fully saturated rings. The zero-order valence-electron chi connectivity index (χ0n) is 9.46. The van der Waals surface area contributed by atoms with Crippen LogP contribution in [-0.4, -0.2) is 63.2 Å². The van der Waals surface area contributed by atoms with E-state index in [-0.39, 0.29) is 6.29 Å². The third-order valence-corrected chi connectivity index (χ3v) is 2.06. The third kappa shape index (κ3) is 4.28. The summed E-state index contributed by atoms with van der Waals surface area (Å²) in [6.45, 7) is 0.397. The molecule has 0 aliphatic carbocycles. The van der Waals surface area contributed by atoms with E-state index in [1.807, 2.05) is 0 Å². The van der Waals surface area contributed by atoms with E-state index in [9.17, 15) is 30.0 Å². The number of aldehydes is 1. The third-order valence-electron chi connectivity index (χ3n) is 2.06. The molecule has 4 atom stereocenters. The number of hydrogen-bond acceptors (Lipinski definition) is 7. The van der Waals surface area contributed by atoms with E-state index in [0.717, 1.165) is 6.92 Å². The first-order chi connectivity index (χ1) is 8.28. The van der Waals surface area contributed by atoms with Crippen LogP contribution in [0.2, 0.25) is 0 Å². The van der Waals surface area contributed by atoms with Crippen molar-refractivity contribution in [2.24, 2.45) is 5.11 Å². The van der Waals surface area contributed by atoms with E-state index < -0.39 is 36.5 Å². The van der Waals surface area contributed by atoms with Crippen molar-refractivity contribution < 1.29 is 30.0 Å². The second kappa shape index (κ2) is 6.89. The van der Waals surface area contributed by atoms with E-state index in [2.05, 4.69) is 10.0 Å². The van der Waals surface area contributed by atoms with E-state index in [1.165, 1.54) is 0 Å². The zero-order valence-corrected chi connectivity index (χ0v) is 9.46. The predicted octanol–water partition coefficient (Wildman–Crippen LogP) is -2.60. The average molecular weight is 262 g/mol. The minimum Gasteiger partial charge on any atom is -0.390 e. The summed E-state index contributed by atoms with van der Waals surface area (Å²) >= 11 is 0. The second-order valence-electron chi connectivity index (χ2n) is 3.54. The standard InChI is InChI=1S/C8H14N4O6/c1-4(14)11-8(18,3-13)7(17)6(16)5(15)2-10-12-9/h3,5-7,15-18H,2H2,1H3,(H,11,14)/t5-,6-,7+,8+/m1/s1. The molecule has 0 heterocycles. The maximum Gasteiger partial charge on any atom is 0.224 e. The van der Waals surface area contributed by atoms with Gasteiger partial charge in [0.15, 0.2) is 6.29 Å². The Hall–Kier alpha value is -1.71. The molecule has 0 rings (SSSR count). The SMILES string of the molecule is CC(=O)N[C@](O)(C=O)[C@@H](O)[C@H](O)[C@H](O)CN=[N+]=[N-]. The summed E-state index contributed by atoms with van der Waals surface area (Å²) in [5, 5.41) is 42.5. The van der Waals surface area contributed by atoms with Gasteiger partial charge in [-0.25, -0.2) is 0 Å². The Morgan fingerprint density at radius 1 is 1.56 bits per heavy atom. The van der Waals surface area contributed by atoms with Crippen LogP contribution in [0.5, 0.6) is 0 Å². The number of carbonyl (C=O) groups excluding carboxylic acids is 2. The van der Waals surface area contributed by atoms with Crippen molar-refractivity contribution in [3.05, 3.63) is 10.4 Å². The van der Waals surface area contributed by atoms with Crippen LogP contribution in [0, 0.1) is 0 Å². The number of nitrogens with zero attached hydrogens (tertiary/aromatic N) is 3. The Kier molecular flexibility index (Phi) is 6.23. The van der Waals surface area contributed by atoms with Crippen LogP contribution in [0.25, 0.3) is 10.4 Å². The number of aliphatic hydroxyl groups excluding tert-OH is 3. The number of carbonyl (C=O) groups is 2. The van der Waals surface area contributed by atoms with Crippen molar-refractivity contribution in [1.82, 2.24) is 5.32 Å². The first-order valence-electron chi connectivity index (χ1n) is 4.81. The van der Waals surface area contributed by atoms with E-state index >= 15 is 0 Å². The van der Waals surface area contributed by atoms with Gasteiger partial charge in [0.2, 0.25) is 11.6 Å². The molecule has 10 heteroatoms. The number of rotatable bonds is 7. The molecular formula is C8H14N4O6. The van der Waals surface area contributed by atoms with Crippen LogP contribution in [0.1, 0.15) is 6.92 Å². The second-order valence-corrected chi connectivity index (χ2v) is 3.54. The molecule has 18 heavy (non-hydrogen) atoms. The number of hydrogen-bond donors (Lipinski definition) is 5. The molecule has 102 valence electrons. The molecule has 5 N–H and O–H groups in total. The molecule has 0 aliphatic heterocycles. The van der Waals surface area contributed by atoms with Crippen LogP contribution < -0.4 is 5.32 Å². The van der Waals surface area contributed by atoms with Gasteiger partial charge in [0.05, 0.1) is 12.6 Å². The van der Waals surface area contributed by atoms with Crippen LogP contribution in [0.15, 0.2) is 5.11 Å². The summed E-state index contributed by atoms with van der Waals surface area (Å²) in [7, 11) is 0. The Morgan fingerprint density at radius 3 is 2.50 bits per heavy atom. The quantitative estimate of drug-likeness (QED) is 0.110. The number of azide groups is 1. The minimum absolute atomic E-state index is 0.192. The summed E-state index contributed by atoms with van der Waals surface area (Å²) < 4.78 is 0. The van der Waals surface area contributed by atoms with Crippen molar-refractivity contribution in [1.29, 1.82) is 0 Å². The topological polar surface area (TPSA) is 176 Å². The number of amides is 1. The summed E-state index contributed by atoms with van der Waals surface area (Å²) in [4.78, 5) is 23.7. The van der Waals surface area contributed by atoms with Gasteiger partial charge in [0.1, 0.15) is 12.2 Å². The summed E-state index contributed by atoms with van der Waals surface area (Å²) in [6.07, 6.45) is -6.10. The Labute approximate surface area is 101 Å². The Bertz CT molecular complexity index is 357. The maximum absolute atomic E-state index is 10.7. The highest BCUT2D eigenvalue weighted by Gasteiger charge is 2.43. The zero-order chi connectivity index (χ0) is 14.3. The molecule has 1 amide bonds. The van der Waals surface area contributed by atoms with Gasteiger partial charge < -0.3 is 25.7 Å². The molecule has 0 aliphatic rings. The van der Waals surface area contributed by atoms with Gasteiger partial charge in [-0.2, -0.15) is 0 Å². The van der Waals surface area contributed by atoms with E-state index in [0.29, 0.717) is 0 Å². The lowest BCUT2D eigenvalue weighted by atomic mass is 9.98. The van der Waals surface area contributed by atoms with Gasteiger partial charge in [0.25, 0.3) is 0 Å². The smallest absolute Gasteiger partial charge is 0.224 e. The highest BCUT2D eigenvalue weighted by molar-refractivity contribution is 5.79. The van der Waals surface area contributed by atoms with Crippen molar-refractivity contribution in [3.8, 4) is 0 Å². The van der Waals surface area contributed by atoms with Crippen molar-refractivity contribution in [2.45, 2.75) is 31.0 Å². The van der Waals surface area contributed by atoms with Gasteiger partial charge in [-0.05, 0) is 5.53 Å². The predicted molar refractivity (Wildman–Crippen MR) is 56.9 cm³/mol. The highest BCUT2D eigenvalue weighted by atomic mass is 16.4. The van der Waals surface area contributed by atoms with Crippen LogP contribution in [0.4, 0.5) is 0 Å². The molecule has 0 aromatic rings. The van der Waals surface area contributed by atoms with Gasteiger partial charge in [-0.15, -0.1) is 0 Å². The fraction of sp³-hybridized carbons (Fsp3) is 0.750. The monoisotopic (exact) mass is 262 g/mol. The molecule has 0 aromatic carbocycles. The van der Waals surface area contributed by atoms with Crippen LogP contribution >= 0.6 is 0 Å². The Balaban J connectivity index is 4.86. The molecule has 0 radical (unpaired) electrons. The highest BCUT2D eigenvalue weighted by Crippen LogP contribution is 2.12. The molecule has 0 bridgehead atoms. The first kappa shape index (κ1) is 16.3. The van der Waals surface area contributed by atoms with Crippen molar-refractivity contribution in [3.63, 3.8) is 0 Å². The molecule has 0 saturated heterocycles. The van der Waals surface area contributed by atoms with Crippen molar-refractivity contribution in [2.75, 3.05) is 6.54 Å². The lowest BCUT2D eigenvalue weighted by molar-refractivity contribution is -0.173. The van der Waals surface area contributed by atoms with Crippen LogP contribution in [0.3, 0.4) is 0 Å². The van der Waals surface area contributed by atoms with E-state index in [4.69, 9.17) is 5.53 Å². The van der Waals surface area contributed by atoms with Gasteiger partial charge in [-0.3, -0.25) is 9.59 Å². The minimum atomic E-state index is -2.75. The lowest BCUT2D eigenvalue weighted by Crippen LogP contribution is -2.63. The number of nitrogens with one attached hydrogen (secondary N) is 1. The fourth-order valence-electron chi connectivity index (χ4n) is 1.15.